The Kier molecular flexibility index (Phi) is 3.19. The molecule has 0 radical (unpaired) electrons. The van der Waals surface area contributed by atoms with Gasteiger partial charge in [0.25, 0.3) is 5.91 Å². The van der Waals surface area contributed by atoms with Crippen molar-refractivity contribution in [3.63, 3.8) is 0 Å². The highest BCUT2D eigenvalue weighted by atomic mass is 79.9. The highest BCUT2D eigenvalue weighted by molar-refractivity contribution is 9.10. The van der Waals surface area contributed by atoms with E-state index in [4.69, 9.17) is 10.2 Å². The van der Waals surface area contributed by atoms with Gasteiger partial charge in [-0.3, -0.25) is 4.79 Å². The quantitative estimate of drug-likeness (QED) is 0.867. The standard InChI is InChI=1S/C12H11BrN2O2/c1-15(9-4-2-8(14)3-5-9)12(16)10-6-7-17-11(10)13/h2-7H,14H2,1H3. The van der Waals surface area contributed by atoms with E-state index in [1.807, 2.05) is 0 Å². The first kappa shape index (κ1) is 11.7. The molecule has 1 aromatic heterocycles. The van der Waals surface area contributed by atoms with Gasteiger partial charge in [-0.05, 0) is 46.3 Å². The Balaban J connectivity index is 2.26. The number of amides is 1. The number of carbonyl (C=O) groups excluding carboxylic acids is 1. The number of hydrogen-bond acceptors (Lipinski definition) is 3. The minimum absolute atomic E-state index is 0.143. The first-order chi connectivity index (χ1) is 8.09. The fraction of sp³-hybridized carbons (Fsp3) is 0.0833. The van der Waals surface area contributed by atoms with Gasteiger partial charge in [0, 0.05) is 18.4 Å². The second-order valence-corrected chi connectivity index (χ2v) is 4.28. The Bertz CT molecular complexity index is 534. The van der Waals surface area contributed by atoms with Crippen molar-refractivity contribution < 1.29 is 9.21 Å². The topological polar surface area (TPSA) is 59.5 Å². The number of benzene rings is 1. The second kappa shape index (κ2) is 4.63. The van der Waals surface area contributed by atoms with Crippen LogP contribution in [0.25, 0.3) is 0 Å². The molecular weight excluding hydrogens is 284 g/mol. The summed E-state index contributed by atoms with van der Waals surface area (Å²) < 4.78 is 5.47. The van der Waals surface area contributed by atoms with Crippen LogP contribution in [-0.4, -0.2) is 13.0 Å². The Morgan fingerprint density at radius 2 is 1.94 bits per heavy atom. The summed E-state index contributed by atoms with van der Waals surface area (Å²) in [5.74, 6) is -0.143. The lowest BCUT2D eigenvalue weighted by Crippen LogP contribution is -2.26. The average molecular weight is 295 g/mol. The summed E-state index contributed by atoms with van der Waals surface area (Å²) in [5.41, 5.74) is 7.53. The van der Waals surface area contributed by atoms with Crippen molar-refractivity contribution in [3.8, 4) is 0 Å². The lowest BCUT2D eigenvalue weighted by Gasteiger charge is -2.16. The Labute approximate surface area is 107 Å². The first-order valence-corrected chi connectivity index (χ1v) is 5.75. The van der Waals surface area contributed by atoms with Gasteiger partial charge in [0.05, 0.1) is 11.8 Å². The maximum atomic E-state index is 12.1. The van der Waals surface area contributed by atoms with E-state index in [1.165, 1.54) is 11.2 Å². The van der Waals surface area contributed by atoms with Crippen molar-refractivity contribution in [1.82, 2.24) is 0 Å². The van der Waals surface area contributed by atoms with Crippen molar-refractivity contribution in [2.45, 2.75) is 0 Å². The number of nitrogens with two attached hydrogens (primary N) is 1. The van der Waals surface area contributed by atoms with Crippen LogP contribution in [0.2, 0.25) is 0 Å². The average Bonchev–Trinajstić information content (AvgIpc) is 2.74. The van der Waals surface area contributed by atoms with Crippen molar-refractivity contribution in [1.29, 1.82) is 0 Å². The van der Waals surface area contributed by atoms with E-state index in [1.54, 1.807) is 37.4 Å². The van der Waals surface area contributed by atoms with E-state index >= 15 is 0 Å². The molecule has 0 aliphatic carbocycles. The number of hydrogen-bond donors (Lipinski definition) is 1. The molecule has 5 heteroatoms. The molecule has 0 bridgehead atoms. The van der Waals surface area contributed by atoms with E-state index < -0.39 is 0 Å². The Hall–Kier alpha value is -1.75. The van der Waals surface area contributed by atoms with Crippen molar-refractivity contribution >= 4 is 33.2 Å². The van der Waals surface area contributed by atoms with Crippen molar-refractivity contribution in [2.75, 3.05) is 17.7 Å². The van der Waals surface area contributed by atoms with Gasteiger partial charge >= 0.3 is 0 Å². The van der Waals surface area contributed by atoms with Gasteiger partial charge in [-0.1, -0.05) is 0 Å². The van der Waals surface area contributed by atoms with E-state index in [9.17, 15) is 4.79 Å². The highest BCUT2D eigenvalue weighted by Crippen LogP contribution is 2.22. The van der Waals surface area contributed by atoms with Crippen molar-refractivity contribution in [3.05, 3.63) is 46.8 Å². The monoisotopic (exact) mass is 294 g/mol. The minimum atomic E-state index is -0.143. The summed E-state index contributed by atoms with van der Waals surface area (Å²) in [7, 11) is 1.70. The van der Waals surface area contributed by atoms with Gasteiger partial charge in [-0.25, -0.2) is 0 Å². The Morgan fingerprint density at radius 3 is 2.47 bits per heavy atom. The molecular formula is C12H11BrN2O2. The maximum Gasteiger partial charge on any atom is 0.262 e. The number of carbonyl (C=O) groups is 1. The number of nitrogens with zero attached hydrogens (tertiary/aromatic N) is 1. The molecule has 2 N–H and O–H groups in total. The fourth-order valence-electron chi connectivity index (χ4n) is 1.44. The molecule has 0 fully saturated rings. The third-order valence-corrected chi connectivity index (χ3v) is 3.05. The molecule has 2 aromatic rings. The number of anilines is 2. The number of nitrogen functional groups attached to an aromatic ring is 1. The van der Waals surface area contributed by atoms with Crippen LogP contribution < -0.4 is 10.6 Å². The van der Waals surface area contributed by atoms with Gasteiger partial charge in [0.15, 0.2) is 4.67 Å². The molecule has 1 amide bonds. The molecule has 1 aromatic carbocycles. The molecule has 2 rings (SSSR count). The Morgan fingerprint density at radius 1 is 1.29 bits per heavy atom. The van der Waals surface area contributed by atoms with Gasteiger partial charge in [-0.15, -0.1) is 0 Å². The zero-order valence-corrected chi connectivity index (χ0v) is 10.8. The van der Waals surface area contributed by atoms with Crippen LogP contribution in [0.1, 0.15) is 10.4 Å². The van der Waals surface area contributed by atoms with Crippen LogP contribution in [0.4, 0.5) is 11.4 Å². The predicted molar refractivity (Wildman–Crippen MR) is 70.0 cm³/mol. The lowest BCUT2D eigenvalue weighted by atomic mass is 10.2. The van der Waals surface area contributed by atoms with E-state index in [0.29, 0.717) is 15.9 Å². The van der Waals surface area contributed by atoms with E-state index in [0.717, 1.165) is 5.69 Å². The van der Waals surface area contributed by atoms with Crippen molar-refractivity contribution in [2.24, 2.45) is 0 Å². The number of furan rings is 1. The van der Waals surface area contributed by atoms with Crippen LogP contribution in [0.3, 0.4) is 0 Å². The molecule has 4 nitrogen and oxygen atoms in total. The lowest BCUT2D eigenvalue weighted by molar-refractivity contribution is 0.0991. The number of rotatable bonds is 2. The van der Waals surface area contributed by atoms with Gasteiger partial charge in [-0.2, -0.15) is 0 Å². The van der Waals surface area contributed by atoms with E-state index in [-0.39, 0.29) is 5.91 Å². The fourth-order valence-corrected chi connectivity index (χ4v) is 1.85. The first-order valence-electron chi connectivity index (χ1n) is 4.96. The molecule has 0 aliphatic heterocycles. The number of halogens is 1. The van der Waals surface area contributed by atoms with Crippen LogP contribution in [0.15, 0.2) is 45.7 Å². The largest absolute Gasteiger partial charge is 0.457 e. The minimum Gasteiger partial charge on any atom is -0.457 e. The summed E-state index contributed by atoms with van der Waals surface area (Å²) in [6.45, 7) is 0. The van der Waals surface area contributed by atoms with E-state index in [2.05, 4.69) is 15.9 Å². The van der Waals surface area contributed by atoms with Gasteiger partial charge in [0.2, 0.25) is 0 Å². The summed E-state index contributed by atoms with van der Waals surface area (Å²) in [4.78, 5) is 13.7. The second-order valence-electron chi connectivity index (χ2n) is 3.56. The molecule has 0 saturated heterocycles. The molecule has 88 valence electrons. The normalized spacial score (nSPS) is 10.2. The molecule has 0 unspecified atom stereocenters. The van der Waals surface area contributed by atoms with Gasteiger partial charge < -0.3 is 15.1 Å². The molecule has 0 atom stereocenters. The molecule has 1 heterocycles. The maximum absolute atomic E-state index is 12.1. The zero-order chi connectivity index (χ0) is 12.4. The molecule has 0 aliphatic rings. The summed E-state index contributed by atoms with van der Waals surface area (Å²) in [5, 5.41) is 0. The van der Waals surface area contributed by atoms with Crippen LogP contribution in [-0.2, 0) is 0 Å². The molecule has 0 spiro atoms. The van der Waals surface area contributed by atoms with Crippen LogP contribution >= 0.6 is 15.9 Å². The SMILES string of the molecule is CN(C(=O)c1ccoc1Br)c1ccc(N)cc1. The van der Waals surface area contributed by atoms with Crippen LogP contribution in [0.5, 0.6) is 0 Å². The summed E-state index contributed by atoms with van der Waals surface area (Å²) >= 11 is 3.19. The van der Waals surface area contributed by atoms with Crippen LogP contribution in [0, 0.1) is 0 Å². The highest BCUT2D eigenvalue weighted by Gasteiger charge is 2.18. The molecule has 0 saturated carbocycles. The summed E-state index contributed by atoms with van der Waals surface area (Å²) in [6, 6.07) is 8.72. The molecule has 17 heavy (non-hydrogen) atoms. The van der Waals surface area contributed by atoms with Gasteiger partial charge in [0.1, 0.15) is 0 Å². The zero-order valence-electron chi connectivity index (χ0n) is 9.18. The predicted octanol–water partition coefficient (Wildman–Crippen LogP) is 2.90. The third-order valence-electron chi connectivity index (χ3n) is 2.43. The smallest absolute Gasteiger partial charge is 0.262 e. The summed E-state index contributed by atoms with van der Waals surface area (Å²) in [6.07, 6.45) is 1.47. The third kappa shape index (κ3) is 2.34.